The zero-order valence-electron chi connectivity index (χ0n) is 14.5. The van der Waals surface area contributed by atoms with Gasteiger partial charge in [-0.3, -0.25) is 0 Å². The Morgan fingerprint density at radius 2 is 1.41 bits per heavy atom. The first-order chi connectivity index (χ1) is 13.7. The van der Waals surface area contributed by atoms with E-state index in [1.807, 2.05) is 30.3 Å². The highest BCUT2D eigenvalue weighted by molar-refractivity contribution is 7.88. The predicted molar refractivity (Wildman–Crippen MR) is 104 cm³/mol. The van der Waals surface area contributed by atoms with Crippen LogP contribution in [0, 0.1) is 0 Å². The molecule has 29 heavy (non-hydrogen) atoms. The van der Waals surface area contributed by atoms with Crippen molar-refractivity contribution < 1.29 is 30.2 Å². The highest BCUT2D eigenvalue weighted by Crippen LogP contribution is 2.42. The molecular weight excluding hydrogens is 405 g/mol. The van der Waals surface area contributed by atoms with Crippen LogP contribution in [0.5, 0.6) is 5.75 Å². The van der Waals surface area contributed by atoms with Crippen LogP contribution in [0.3, 0.4) is 0 Å². The highest BCUT2D eigenvalue weighted by atomic mass is 32.2. The Kier molecular flexibility index (Phi) is 3.61. The molecule has 0 N–H and O–H groups in total. The summed E-state index contributed by atoms with van der Waals surface area (Å²) in [5.74, 6) is -0.503. The molecule has 0 unspecified atom stereocenters. The van der Waals surface area contributed by atoms with Gasteiger partial charge in [0.25, 0.3) is 0 Å². The van der Waals surface area contributed by atoms with E-state index in [2.05, 4.69) is 4.18 Å². The third-order valence-corrected chi connectivity index (χ3v) is 5.75. The van der Waals surface area contributed by atoms with Crippen LogP contribution in [0.25, 0.3) is 43.5 Å². The second-order valence-corrected chi connectivity index (χ2v) is 8.12. The second kappa shape index (κ2) is 5.87. The zero-order chi connectivity index (χ0) is 20.4. The molecule has 0 spiro atoms. The van der Waals surface area contributed by atoms with E-state index in [-0.39, 0.29) is 5.58 Å². The number of alkyl halides is 3. The summed E-state index contributed by atoms with van der Waals surface area (Å²) >= 11 is 0. The van der Waals surface area contributed by atoms with Gasteiger partial charge in [0.15, 0.2) is 11.3 Å². The maximum atomic E-state index is 12.9. The van der Waals surface area contributed by atoms with Crippen molar-refractivity contribution in [3.63, 3.8) is 0 Å². The summed E-state index contributed by atoms with van der Waals surface area (Å²) in [4.78, 5) is 0. The quantitative estimate of drug-likeness (QED) is 0.257. The van der Waals surface area contributed by atoms with Crippen LogP contribution < -0.4 is 4.18 Å². The van der Waals surface area contributed by atoms with E-state index >= 15 is 0 Å². The van der Waals surface area contributed by atoms with Crippen LogP contribution in [0.2, 0.25) is 0 Å². The fourth-order valence-electron chi connectivity index (χ4n) is 3.51. The summed E-state index contributed by atoms with van der Waals surface area (Å²) in [5.41, 5.74) is -5.18. The number of fused-ring (bicyclic) bond motifs is 6. The van der Waals surface area contributed by atoms with E-state index in [4.69, 9.17) is 4.42 Å². The van der Waals surface area contributed by atoms with Crippen molar-refractivity contribution in [1.29, 1.82) is 0 Å². The lowest BCUT2D eigenvalue weighted by Crippen LogP contribution is -2.28. The van der Waals surface area contributed by atoms with Crippen LogP contribution in [0.4, 0.5) is 13.2 Å². The van der Waals surface area contributed by atoms with Crippen LogP contribution in [-0.4, -0.2) is 13.9 Å². The van der Waals surface area contributed by atoms with Gasteiger partial charge in [-0.1, -0.05) is 48.5 Å². The van der Waals surface area contributed by atoms with Crippen molar-refractivity contribution in [3.05, 3.63) is 66.7 Å². The van der Waals surface area contributed by atoms with Gasteiger partial charge in [0.2, 0.25) is 0 Å². The van der Waals surface area contributed by atoms with Gasteiger partial charge in [-0.25, -0.2) is 0 Å². The third-order valence-electron chi connectivity index (χ3n) is 4.78. The largest absolute Gasteiger partial charge is 0.534 e. The monoisotopic (exact) mass is 416 g/mol. The van der Waals surface area contributed by atoms with Crippen molar-refractivity contribution >= 4 is 53.6 Å². The molecule has 0 aliphatic heterocycles. The van der Waals surface area contributed by atoms with Crippen molar-refractivity contribution in [2.75, 3.05) is 0 Å². The van der Waals surface area contributed by atoms with Crippen LogP contribution in [0.15, 0.2) is 71.1 Å². The summed E-state index contributed by atoms with van der Waals surface area (Å²) in [5, 5.41) is 4.20. The predicted octanol–water partition coefficient (Wildman–Crippen LogP) is 6.12. The van der Waals surface area contributed by atoms with Crippen molar-refractivity contribution in [1.82, 2.24) is 0 Å². The molecule has 146 valence electrons. The van der Waals surface area contributed by atoms with E-state index in [0.29, 0.717) is 27.1 Å². The Morgan fingerprint density at radius 3 is 2.10 bits per heavy atom. The minimum Gasteiger partial charge on any atom is -0.452 e. The van der Waals surface area contributed by atoms with Gasteiger partial charge in [0.1, 0.15) is 5.58 Å². The molecule has 0 fully saturated rings. The number of halogens is 3. The van der Waals surface area contributed by atoms with E-state index in [9.17, 15) is 21.6 Å². The molecule has 5 rings (SSSR count). The van der Waals surface area contributed by atoms with Crippen LogP contribution in [0.1, 0.15) is 0 Å². The van der Waals surface area contributed by atoms with Crippen molar-refractivity contribution in [3.8, 4) is 5.75 Å². The average molecular weight is 416 g/mol. The molecule has 0 saturated heterocycles. The molecule has 0 radical (unpaired) electrons. The first-order valence-electron chi connectivity index (χ1n) is 8.52. The minimum absolute atomic E-state index is 0.0539. The molecule has 4 nitrogen and oxygen atoms in total. The maximum Gasteiger partial charge on any atom is 0.534 e. The summed E-state index contributed by atoms with van der Waals surface area (Å²) in [6.07, 6.45) is 0. The first-order valence-corrected chi connectivity index (χ1v) is 9.93. The molecule has 0 bridgehead atoms. The van der Waals surface area contributed by atoms with Crippen LogP contribution in [-0.2, 0) is 10.1 Å². The van der Waals surface area contributed by atoms with E-state index in [1.54, 1.807) is 30.3 Å². The van der Waals surface area contributed by atoms with Gasteiger partial charge in [-0.15, -0.1) is 0 Å². The summed E-state index contributed by atoms with van der Waals surface area (Å²) in [6, 6.07) is 19.3. The normalized spacial score (nSPS) is 12.9. The summed E-state index contributed by atoms with van der Waals surface area (Å²) in [6.45, 7) is 0. The van der Waals surface area contributed by atoms with Gasteiger partial charge >= 0.3 is 15.6 Å². The van der Waals surface area contributed by atoms with E-state index < -0.39 is 21.4 Å². The molecule has 0 amide bonds. The molecular formula is C21H11F3O4S. The van der Waals surface area contributed by atoms with Gasteiger partial charge in [0.05, 0.1) is 0 Å². The number of hydrogen-bond acceptors (Lipinski definition) is 4. The maximum absolute atomic E-state index is 12.9. The fraction of sp³-hybridized carbons (Fsp3) is 0.0476. The minimum atomic E-state index is -5.85. The fourth-order valence-corrected chi connectivity index (χ4v) is 3.96. The molecule has 1 heterocycles. The smallest absolute Gasteiger partial charge is 0.452 e. The Bertz CT molecular complexity index is 1530. The highest BCUT2D eigenvalue weighted by Gasteiger charge is 2.49. The topological polar surface area (TPSA) is 56.5 Å². The molecule has 0 saturated carbocycles. The van der Waals surface area contributed by atoms with E-state index in [0.717, 1.165) is 10.8 Å². The molecule has 0 aliphatic rings. The lowest BCUT2D eigenvalue weighted by Gasteiger charge is -2.11. The Morgan fingerprint density at radius 1 is 0.793 bits per heavy atom. The Labute approximate surface area is 162 Å². The third kappa shape index (κ3) is 2.71. The number of furan rings is 1. The standard InChI is InChI=1S/C21H11F3O4S/c22-21(23,24)29(25,26)28-18-11-14-7-3-4-8-15(14)19-16-9-12-5-1-2-6-13(12)10-17(16)27-20(18)19/h1-11H. The Hall–Kier alpha value is -3.26. The summed E-state index contributed by atoms with van der Waals surface area (Å²) in [7, 11) is -5.85. The first kappa shape index (κ1) is 17.8. The summed E-state index contributed by atoms with van der Waals surface area (Å²) < 4.78 is 72.2. The second-order valence-electron chi connectivity index (χ2n) is 6.58. The SMILES string of the molecule is O=S(=O)(Oc1cc2ccccc2c2c1oc1cc3ccccc3cc12)C(F)(F)F. The van der Waals surface area contributed by atoms with Gasteiger partial charge in [-0.05, 0) is 39.7 Å². The van der Waals surface area contributed by atoms with Crippen molar-refractivity contribution in [2.24, 2.45) is 0 Å². The van der Waals surface area contributed by atoms with Gasteiger partial charge < -0.3 is 8.60 Å². The molecule has 1 aromatic heterocycles. The number of hydrogen-bond donors (Lipinski definition) is 0. The molecule has 0 atom stereocenters. The molecule has 8 heteroatoms. The lowest BCUT2D eigenvalue weighted by atomic mass is 10.0. The van der Waals surface area contributed by atoms with Gasteiger partial charge in [-0.2, -0.15) is 21.6 Å². The average Bonchev–Trinajstić information content (AvgIpc) is 3.04. The van der Waals surface area contributed by atoms with Crippen molar-refractivity contribution in [2.45, 2.75) is 5.51 Å². The van der Waals surface area contributed by atoms with Crippen LogP contribution >= 0.6 is 0 Å². The number of rotatable bonds is 2. The zero-order valence-corrected chi connectivity index (χ0v) is 15.3. The van der Waals surface area contributed by atoms with Gasteiger partial charge in [0, 0.05) is 10.8 Å². The molecule has 5 aromatic rings. The lowest BCUT2D eigenvalue weighted by molar-refractivity contribution is -0.0499. The molecule has 4 aromatic carbocycles. The Balaban J connectivity index is 1.91. The molecule has 0 aliphatic carbocycles. The number of benzene rings is 4. The van der Waals surface area contributed by atoms with E-state index in [1.165, 1.54) is 6.07 Å².